The minimum atomic E-state index is -3.43. The molecule has 0 spiro atoms. The van der Waals surface area contributed by atoms with Crippen molar-refractivity contribution in [2.24, 2.45) is 0 Å². The van der Waals surface area contributed by atoms with Gasteiger partial charge in [0.1, 0.15) is 0 Å². The van der Waals surface area contributed by atoms with Gasteiger partial charge in [0.05, 0.1) is 18.5 Å². The number of carbonyl (C=O) groups excluding carboxylic acids is 1. The molecular formula is C18H22N2O3S. The molecule has 0 unspecified atom stereocenters. The van der Waals surface area contributed by atoms with Crippen molar-refractivity contribution in [3.05, 3.63) is 65.2 Å². The lowest BCUT2D eigenvalue weighted by Crippen LogP contribution is -2.38. The number of rotatable bonds is 6. The highest BCUT2D eigenvalue weighted by Gasteiger charge is 2.18. The zero-order valence-corrected chi connectivity index (χ0v) is 14.9. The van der Waals surface area contributed by atoms with E-state index in [0.29, 0.717) is 11.3 Å². The fourth-order valence-electron chi connectivity index (χ4n) is 2.54. The van der Waals surface area contributed by atoms with Crippen LogP contribution in [0.4, 0.5) is 5.69 Å². The normalized spacial score (nSPS) is 11.1. The maximum Gasteiger partial charge on any atom is 0.251 e. The van der Waals surface area contributed by atoms with Crippen LogP contribution in [0.2, 0.25) is 0 Å². The Morgan fingerprint density at radius 2 is 1.62 bits per heavy atom. The zero-order chi connectivity index (χ0) is 17.7. The topological polar surface area (TPSA) is 66.5 Å². The van der Waals surface area contributed by atoms with Crippen LogP contribution in [0.15, 0.2) is 48.5 Å². The smallest absolute Gasteiger partial charge is 0.251 e. The van der Waals surface area contributed by atoms with E-state index in [1.165, 1.54) is 10.6 Å². The van der Waals surface area contributed by atoms with Gasteiger partial charge in [-0.15, -0.1) is 0 Å². The van der Waals surface area contributed by atoms with Crippen molar-refractivity contribution >= 4 is 21.6 Å². The highest BCUT2D eigenvalue weighted by molar-refractivity contribution is 7.92. The third-order valence-corrected chi connectivity index (χ3v) is 4.73. The standard InChI is InChI=1S/C18H22N2O3S/c1-14-11-15(2)13-17(12-14)20(24(3,22)23)10-9-19-18(21)16-7-5-4-6-8-16/h4-8,11-13H,9-10H2,1-3H3,(H,19,21). The molecule has 5 nitrogen and oxygen atoms in total. The third-order valence-electron chi connectivity index (χ3n) is 3.53. The van der Waals surface area contributed by atoms with Crippen LogP contribution in [0.3, 0.4) is 0 Å². The minimum Gasteiger partial charge on any atom is -0.350 e. The molecule has 0 radical (unpaired) electrons. The predicted molar refractivity (Wildman–Crippen MR) is 96.9 cm³/mol. The molecular weight excluding hydrogens is 324 g/mol. The Morgan fingerprint density at radius 3 is 2.17 bits per heavy atom. The molecule has 24 heavy (non-hydrogen) atoms. The van der Waals surface area contributed by atoms with Crippen molar-refractivity contribution < 1.29 is 13.2 Å². The number of amides is 1. The van der Waals surface area contributed by atoms with Crippen LogP contribution in [0.1, 0.15) is 21.5 Å². The Labute approximate surface area is 143 Å². The van der Waals surface area contributed by atoms with E-state index in [4.69, 9.17) is 0 Å². The predicted octanol–water partition coefficient (Wildman–Crippen LogP) is 2.50. The van der Waals surface area contributed by atoms with E-state index >= 15 is 0 Å². The molecule has 128 valence electrons. The van der Waals surface area contributed by atoms with E-state index in [2.05, 4.69) is 5.32 Å². The fourth-order valence-corrected chi connectivity index (χ4v) is 3.45. The van der Waals surface area contributed by atoms with Gasteiger partial charge in [0.25, 0.3) is 5.91 Å². The summed E-state index contributed by atoms with van der Waals surface area (Å²) in [6.45, 7) is 4.26. The Kier molecular flexibility index (Phi) is 5.62. The van der Waals surface area contributed by atoms with Crippen LogP contribution in [0, 0.1) is 13.8 Å². The number of nitrogens with zero attached hydrogens (tertiary/aromatic N) is 1. The Hall–Kier alpha value is -2.34. The molecule has 0 aliphatic heterocycles. The Balaban J connectivity index is 2.09. The summed E-state index contributed by atoms with van der Waals surface area (Å²) in [5, 5.41) is 2.76. The summed E-state index contributed by atoms with van der Waals surface area (Å²) in [7, 11) is -3.43. The molecule has 1 N–H and O–H groups in total. The minimum absolute atomic E-state index is 0.181. The van der Waals surface area contributed by atoms with Crippen LogP contribution in [0.25, 0.3) is 0 Å². The summed E-state index contributed by atoms with van der Waals surface area (Å²) >= 11 is 0. The number of hydrogen-bond acceptors (Lipinski definition) is 3. The Morgan fingerprint density at radius 1 is 1.04 bits per heavy atom. The molecule has 0 aliphatic rings. The summed E-state index contributed by atoms with van der Waals surface area (Å²) in [5.41, 5.74) is 3.15. The maximum atomic E-state index is 12.1. The van der Waals surface area contributed by atoms with Crippen molar-refractivity contribution in [1.29, 1.82) is 0 Å². The summed E-state index contributed by atoms with van der Waals surface area (Å²) in [4.78, 5) is 12.0. The number of carbonyl (C=O) groups is 1. The average Bonchev–Trinajstić information content (AvgIpc) is 2.50. The van der Waals surface area contributed by atoms with E-state index in [1.807, 2.05) is 38.1 Å². The van der Waals surface area contributed by atoms with Crippen molar-refractivity contribution in [3.63, 3.8) is 0 Å². The molecule has 0 bridgehead atoms. The van der Waals surface area contributed by atoms with Gasteiger partial charge in [0.2, 0.25) is 10.0 Å². The molecule has 0 saturated heterocycles. The first kappa shape index (κ1) is 18.0. The molecule has 0 fully saturated rings. The van der Waals surface area contributed by atoms with Gasteiger partial charge in [-0.3, -0.25) is 9.10 Å². The lowest BCUT2D eigenvalue weighted by molar-refractivity contribution is 0.0955. The van der Waals surface area contributed by atoms with E-state index < -0.39 is 10.0 Å². The largest absolute Gasteiger partial charge is 0.350 e. The lowest BCUT2D eigenvalue weighted by atomic mass is 10.1. The molecule has 6 heteroatoms. The molecule has 0 aliphatic carbocycles. The summed E-state index contributed by atoms with van der Waals surface area (Å²) in [6.07, 6.45) is 1.17. The second-order valence-corrected chi connectivity index (χ2v) is 7.71. The summed E-state index contributed by atoms with van der Waals surface area (Å²) in [6, 6.07) is 14.5. The van der Waals surface area contributed by atoms with E-state index in [-0.39, 0.29) is 19.0 Å². The van der Waals surface area contributed by atoms with Crippen LogP contribution >= 0.6 is 0 Å². The van der Waals surface area contributed by atoms with E-state index in [9.17, 15) is 13.2 Å². The van der Waals surface area contributed by atoms with Crippen molar-refractivity contribution in [1.82, 2.24) is 5.32 Å². The number of aryl methyl sites for hydroxylation is 2. The Bertz CT molecular complexity index is 797. The SMILES string of the molecule is Cc1cc(C)cc(N(CCNC(=O)c2ccccc2)S(C)(=O)=O)c1. The number of hydrogen-bond donors (Lipinski definition) is 1. The highest BCUT2D eigenvalue weighted by atomic mass is 32.2. The fraction of sp³-hybridized carbons (Fsp3) is 0.278. The molecule has 0 atom stereocenters. The highest BCUT2D eigenvalue weighted by Crippen LogP contribution is 2.20. The first-order valence-corrected chi connectivity index (χ1v) is 9.51. The van der Waals surface area contributed by atoms with Crippen molar-refractivity contribution in [2.45, 2.75) is 13.8 Å². The van der Waals surface area contributed by atoms with Crippen LogP contribution < -0.4 is 9.62 Å². The van der Waals surface area contributed by atoms with Gasteiger partial charge >= 0.3 is 0 Å². The maximum absolute atomic E-state index is 12.1. The molecule has 0 saturated carbocycles. The van der Waals surface area contributed by atoms with Gasteiger partial charge < -0.3 is 5.32 Å². The number of benzene rings is 2. The second-order valence-electron chi connectivity index (χ2n) is 5.80. The monoisotopic (exact) mass is 346 g/mol. The van der Waals surface area contributed by atoms with Gasteiger partial charge in [-0.1, -0.05) is 24.3 Å². The molecule has 0 heterocycles. The van der Waals surface area contributed by atoms with Crippen molar-refractivity contribution in [3.8, 4) is 0 Å². The van der Waals surface area contributed by atoms with Crippen LogP contribution in [0.5, 0.6) is 0 Å². The second kappa shape index (κ2) is 7.49. The van der Waals surface area contributed by atoms with Crippen molar-refractivity contribution in [2.75, 3.05) is 23.7 Å². The van der Waals surface area contributed by atoms with E-state index in [1.54, 1.807) is 24.3 Å². The van der Waals surface area contributed by atoms with Gasteiger partial charge in [-0.25, -0.2) is 8.42 Å². The number of nitrogens with one attached hydrogen (secondary N) is 1. The lowest BCUT2D eigenvalue weighted by Gasteiger charge is -2.23. The van der Waals surface area contributed by atoms with Gasteiger partial charge in [0, 0.05) is 12.1 Å². The summed E-state index contributed by atoms with van der Waals surface area (Å²) in [5.74, 6) is -0.218. The third kappa shape index (κ3) is 4.83. The molecule has 2 rings (SSSR count). The number of sulfonamides is 1. The van der Waals surface area contributed by atoms with Gasteiger partial charge in [-0.05, 0) is 49.2 Å². The number of anilines is 1. The first-order chi connectivity index (χ1) is 11.3. The van der Waals surface area contributed by atoms with E-state index in [0.717, 1.165) is 11.1 Å². The molecule has 2 aromatic rings. The zero-order valence-electron chi connectivity index (χ0n) is 14.1. The van der Waals surface area contributed by atoms with Gasteiger partial charge in [-0.2, -0.15) is 0 Å². The average molecular weight is 346 g/mol. The first-order valence-electron chi connectivity index (χ1n) is 7.66. The summed E-state index contributed by atoms with van der Waals surface area (Å²) < 4.78 is 25.5. The molecule has 0 aromatic heterocycles. The van der Waals surface area contributed by atoms with Gasteiger partial charge in [0.15, 0.2) is 0 Å². The van der Waals surface area contributed by atoms with Crippen LogP contribution in [-0.4, -0.2) is 33.7 Å². The molecule has 1 amide bonds. The molecule has 2 aromatic carbocycles. The quantitative estimate of drug-likeness (QED) is 0.874. The van der Waals surface area contributed by atoms with Crippen LogP contribution in [-0.2, 0) is 10.0 Å².